The highest BCUT2D eigenvalue weighted by molar-refractivity contribution is 7.92. The molecule has 162 valence electrons. The Morgan fingerprint density at radius 3 is 2.10 bits per heavy atom. The van der Waals surface area contributed by atoms with Gasteiger partial charge in [0.25, 0.3) is 0 Å². The molecule has 1 atom stereocenters. The highest BCUT2D eigenvalue weighted by atomic mass is 32.2. The van der Waals surface area contributed by atoms with Gasteiger partial charge in [-0.3, -0.25) is 9.10 Å². The molecule has 9 heteroatoms. The van der Waals surface area contributed by atoms with Gasteiger partial charge >= 0.3 is 0 Å². The van der Waals surface area contributed by atoms with E-state index in [0.29, 0.717) is 31.9 Å². The first-order chi connectivity index (χ1) is 14.2. The highest BCUT2D eigenvalue weighted by Crippen LogP contribution is 2.27. The van der Waals surface area contributed by atoms with Gasteiger partial charge in [-0.1, -0.05) is 31.2 Å². The minimum Gasteiger partial charge on any atom is -0.366 e. The van der Waals surface area contributed by atoms with E-state index in [0.717, 1.165) is 16.6 Å². The second kappa shape index (κ2) is 8.99. The first-order valence-corrected chi connectivity index (χ1v) is 11.6. The number of halogens is 2. The Kier molecular flexibility index (Phi) is 6.60. The van der Waals surface area contributed by atoms with Crippen molar-refractivity contribution in [2.24, 2.45) is 0 Å². The summed E-state index contributed by atoms with van der Waals surface area (Å²) in [5.41, 5.74) is 0.325. The molecule has 1 aliphatic rings. The van der Waals surface area contributed by atoms with Crippen molar-refractivity contribution in [1.82, 2.24) is 4.90 Å². The standard InChI is InChI=1S/C21H25F2N3O3S/c1-3-18(26(30(2,28)29)20-11-7-5-9-17(20)23)21(27)25-14-12-24(13-15-25)19-10-6-4-8-16(19)22/h4-11,18H,3,12-15H2,1-2H3/t18-/m0/s1. The molecule has 0 saturated carbocycles. The number of benzene rings is 2. The molecule has 0 bridgehead atoms. The number of anilines is 2. The zero-order chi connectivity index (χ0) is 21.9. The fourth-order valence-electron chi connectivity index (χ4n) is 3.74. The Morgan fingerprint density at radius 2 is 1.57 bits per heavy atom. The van der Waals surface area contributed by atoms with Crippen molar-refractivity contribution < 1.29 is 22.0 Å². The van der Waals surface area contributed by atoms with Crippen LogP contribution in [-0.2, 0) is 14.8 Å². The molecule has 0 N–H and O–H groups in total. The molecular formula is C21H25F2N3O3S. The van der Waals surface area contributed by atoms with Gasteiger partial charge in [0, 0.05) is 26.2 Å². The lowest BCUT2D eigenvalue weighted by Gasteiger charge is -2.39. The van der Waals surface area contributed by atoms with Gasteiger partial charge in [0.2, 0.25) is 15.9 Å². The quantitative estimate of drug-likeness (QED) is 0.697. The summed E-state index contributed by atoms with van der Waals surface area (Å²) in [6.07, 6.45) is 1.15. The van der Waals surface area contributed by atoms with Crippen molar-refractivity contribution in [3.63, 3.8) is 0 Å². The molecule has 3 rings (SSSR count). The summed E-state index contributed by atoms with van der Waals surface area (Å²) < 4.78 is 54.3. The number of piperazine rings is 1. The molecule has 0 radical (unpaired) electrons. The van der Waals surface area contributed by atoms with E-state index in [2.05, 4.69) is 0 Å². The number of hydrogen-bond donors (Lipinski definition) is 0. The number of para-hydroxylation sites is 2. The zero-order valence-corrected chi connectivity index (χ0v) is 17.8. The lowest BCUT2D eigenvalue weighted by molar-refractivity contribution is -0.132. The summed E-state index contributed by atoms with van der Waals surface area (Å²) in [5.74, 6) is -1.43. The van der Waals surface area contributed by atoms with Gasteiger partial charge in [0.05, 0.1) is 17.6 Å². The summed E-state index contributed by atoms with van der Waals surface area (Å²) in [5, 5.41) is 0. The molecule has 0 aliphatic carbocycles. The van der Waals surface area contributed by atoms with E-state index < -0.39 is 21.9 Å². The second-order valence-electron chi connectivity index (χ2n) is 7.20. The second-order valence-corrected chi connectivity index (χ2v) is 9.06. The number of rotatable bonds is 6. The molecule has 0 spiro atoms. The molecule has 1 saturated heterocycles. The average molecular weight is 438 g/mol. The van der Waals surface area contributed by atoms with Crippen molar-refractivity contribution in [1.29, 1.82) is 0 Å². The number of nitrogens with zero attached hydrogens (tertiary/aromatic N) is 3. The van der Waals surface area contributed by atoms with Gasteiger partial charge in [-0.25, -0.2) is 17.2 Å². The van der Waals surface area contributed by atoms with E-state index in [1.807, 2.05) is 4.90 Å². The fraction of sp³-hybridized carbons (Fsp3) is 0.381. The molecule has 2 aromatic carbocycles. The van der Waals surface area contributed by atoms with Gasteiger partial charge < -0.3 is 9.80 Å². The van der Waals surface area contributed by atoms with Crippen molar-refractivity contribution in [3.05, 3.63) is 60.2 Å². The van der Waals surface area contributed by atoms with Gasteiger partial charge in [-0.2, -0.15) is 0 Å². The summed E-state index contributed by atoms with van der Waals surface area (Å²) in [6, 6.07) is 10.9. The first-order valence-electron chi connectivity index (χ1n) is 9.76. The molecule has 0 unspecified atom stereocenters. The van der Waals surface area contributed by atoms with Crippen LogP contribution in [0.1, 0.15) is 13.3 Å². The van der Waals surface area contributed by atoms with Gasteiger partial charge in [-0.05, 0) is 30.7 Å². The summed E-state index contributed by atoms with van der Waals surface area (Å²) in [6.45, 7) is 3.16. The van der Waals surface area contributed by atoms with Crippen LogP contribution in [0.2, 0.25) is 0 Å². The fourth-order valence-corrected chi connectivity index (χ4v) is 4.94. The Bertz CT molecular complexity index is 1010. The third-order valence-electron chi connectivity index (χ3n) is 5.19. The topological polar surface area (TPSA) is 60.9 Å². The van der Waals surface area contributed by atoms with Crippen LogP contribution < -0.4 is 9.21 Å². The molecule has 1 fully saturated rings. The van der Waals surface area contributed by atoms with Crippen LogP contribution in [0.25, 0.3) is 0 Å². The molecule has 6 nitrogen and oxygen atoms in total. The van der Waals surface area contributed by atoms with Crippen molar-refractivity contribution in [2.75, 3.05) is 41.6 Å². The third kappa shape index (κ3) is 4.56. The molecule has 30 heavy (non-hydrogen) atoms. The van der Waals surface area contributed by atoms with Crippen molar-refractivity contribution in [2.45, 2.75) is 19.4 Å². The summed E-state index contributed by atoms with van der Waals surface area (Å²) >= 11 is 0. The average Bonchev–Trinajstić information content (AvgIpc) is 2.72. The molecule has 0 aromatic heterocycles. The van der Waals surface area contributed by atoms with E-state index in [1.54, 1.807) is 30.0 Å². The van der Waals surface area contributed by atoms with Gasteiger partial charge in [0.1, 0.15) is 17.7 Å². The summed E-state index contributed by atoms with van der Waals surface area (Å²) in [7, 11) is -3.91. The largest absolute Gasteiger partial charge is 0.366 e. The Hall–Kier alpha value is -2.68. The number of carbonyl (C=O) groups excluding carboxylic acids is 1. The highest BCUT2D eigenvalue weighted by Gasteiger charge is 2.36. The zero-order valence-electron chi connectivity index (χ0n) is 17.0. The SMILES string of the molecule is CC[C@@H](C(=O)N1CCN(c2ccccc2F)CC1)N(c1ccccc1F)S(C)(=O)=O. The smallest absolute Gasteiger partial charge is 0.246 e. The molecule has 1 aliphatic heterocycles. The van der Waals surface area contributed by atoms with E-state index in [9.17, 15) is 22.0 Å². The van der Waals surface area contributed by atoms with Crippen LogP contribution in [0, 0.1) is 11.6 Å². The Labute approximate surface area is 175 Å². The number of hydrogen-bond acceptors (Lipinski definition) is 4. The maximum absolute atomic E-state index is 14.4. The van der Waals surface area contributed by atoms with E-state index >= 15 is 0 Å². The molecule has 2 aromatic rings. The molecular weight excluding hydrogens is 412 g/mol. The van der Waals surface area contributed by atoms with Crippen LogP contribution >= 0.6 is 0 Å². The molecule has 1 amide bonds. The third-order valence-corrected chi connectivity index (χ3v) is 6.35. The normalized spacial score (nSPS) is 15.7. The maximum Gasteiger partial charge on any atom is 0.246 e. The molecule has 1 heterocycles. The minimum absolute atomic E-state index is 0.148. The van der Waals surface area contributed by atoms with E-state index in [-0.39, 0.29) is 23.8 Å². The van der Waals surface area contributed by atoms with Crippen LogP contribution in [0.3, 0.4) is 0 Å². The van der Waals surface area contributed by atoms with Crippen LogP contribution in [0.4, 0.5) is 20.2 Å². The predicted molar refractivity (Wildman–Crippen MR) is 113 cm³/mol. The number of amides is 1. The van der Waals surface area contributed by atoms with Crippen molar-refractivity contribution in [3.8, 4) is 0 Å². The lowest BCUT2D eigenvalue weighted by Crippen LogP contribution is -2.56. The number of carbonyl (C=O) groups is 1. The van der Waals surface area contributed by atoms with Crippen LogP contribution in [0.15, 0.2) is 48.5 Å². The van der Waals surface area contributed by atoms with Gasteiger partial charge in [0.15, 0.2) is 0 Å². The monoisotopic (exact) mass is 437 g/mol. The maximum atomic E-state index is 14.4. The van der Waals surface area contributed by atoms with E-state index in [4.69, 9.17) is 0 Å². The Morgan fingerprint density at radius 1 is 1.00 bits per heavy atom. The van der Waals surface area contributed by atoms with Crippen LogP contribution in [0.5, 0.6) is 0 Å². The van der Waals surface area contributed by atoms with E-state index in [1.165, 1.54) is 24.3 Å². The minimum atomic E-state index is -3.91. The first kappa shape index (κ1) is 22.0. The van der Waals surface area contributed by atoms with Crippen LogP contribution in [-0.4, -0.2) is 57.7 Å². The Balaban J connectivity index is 1.80. The number of sulfonamides is 1. The van der Waals surface area contributed by atoms with Crippen molar-refractivity contribution >= 4 is 27.3 Å². The predicted octanol–water partition coefficient (Wildman–Crippen LogP) is 2.86. The lowest BCUT2D eigenvalue weighted by atomic mass is 10.1. The van der Waals surface area contributed by atoms with Gasteiger partial charge in [-0.15, -0.1) is 0 Å². The summed E-state index contributed by atoms with van der Waals surface area (Å²) in [4.78, 5) is 16.6.